The fourth-order valence-corrected chi connectivity index (χ4v) is 2.02. The van der Waals surface area contributed by atoms with Gasteiger partial charge in [-0.1, -0.05) is 6.07 Å². The first-order chi connectivity index (χ1) is 12.0. The Morgan fingerprint density at radius 1 is 1.16 bits per heavy atom. The van der Waals surface area contributed by atoms with Gasteiger partial charge in [0.15, 0.2) is 0 Å². The third-order valence-corrected chi connectivity index (χ3v) is 3.25. The number of urea groups is 1. The predicted octanol–water partition coefficient (Wildman–Crippen LogP) is 3.71. The molecule has 0 heterocycles. The van der Waals surface area contributed by atoms with Crippen LogP contribution in [-0.4, -0.2) is 24.1 Å². The van der Waals surface area contributed by atoms with Gasteiger partial charge in [0, 0.05) is 24.4 Å². The minimum absolute atomic E-state index is 0.0873. The number of benzene rings is 2. The van der Waals surface area contributed by atoms with Crippen molar-refractivity contribution in [3.8, 4) is 5.75 Å². The Kier molecular flexibility index (Phi) is 6.70. The molecule has 8 heteroatoms. The molecule has 0 aromatic heterocycles. The first-order valence-corrected chi connectivity index (χ1v) is 7.72. The van der Waals surface area contributed by atoms with Crippen LogP contribution < -0.4 is 15.4 Å². The third-order valence-electron chi connectivity index (χ3n) is 3.25. The predicted molar refractivity (Wildman–Crippen MR) is 91.2 cm³/mol. The average Bonchev–Trinajstić information content (AvgIpc) is 2.59. The molecule has 7 nitrogen and oxygen atoms in total. The van der Waals surface area contributed by atoms with Gasteiger partial charge in [-0.2, -0.15) is 0 Å². The number of rotatable bonds is 8. The Hall–Kier alpha value is -3.16. The van der Waals surface area contributed by atoms with Gasteiger partial charge in [0.2, 0.25) is 0 Å². The van der Waals surface area contributed by atoms with Crippen molar-refractivity contribution in [3.05, 3.63) is 64.5 Å². The molecule has 0 aliphatic heterocycles. The van der Waals surface area contributed by atoms with Gasteiger partial charge >= 0.3 is 6.03 Å². The van der Waals surface area contributed by atoms with Crippen molar-refractivity contribution < 1.29 is 18.8 Å². The van der Waals surface area contributed by atoms with Crippen LogP contribution in [0.2, 0.25) is 0 Å². The molecule has 2 aromatic carbocycles. The summed E-state index contributed by atoms with van der Waals surface area (Å²) in [6, 6.07) is 11.0. The largest absolute Gasteiger partial charge is 0.494 e. The van der Waals surface area contributed by atoms with E-state index in [1.165, 1.54) is 30.3 Å². The van der Waals surface area contributed by atoms with Gasteiger partial charge < -0.3 is 15.4 Å². The van der Waals surface area contributed by atoms with E-state index >= 15 is 0 Å². The number of nitro benzene ring substituents is 1. The van der Waals surface area contributed by atoms with Gasteiger partial charge in [-0.3, -0.25) is 10.1 Å². The summed E-state index contributed by atoms with van der Waals surface area (Å²) < 4.78 is 18.2. The maximum Gasteiger partial charge on any atom is 0.319 e. The number of nitrogens with one attached hydrogen (secondary N) is 2. The highest BCUT2D eigenvalue weighted by Crippen LogP contribution is 2.16. The molecule has 2 amide bonds. The molecule has 2 rings (SSSR count). The number of carbonyl (C=O) groups is 1. The van der Waals surface area contributed by atoms with E-state index in [-0.39, 0.29) is 11.5 Å². The molecule has 0 aliphatic rings. The topological polar surface area (TPSA) is 93.5 Å². The lowest BCUT2D eigenvalue weighted by atomic mass is 10.3. The van der Waals surface area contributed by atoms with E-state index < -0.39 is 11.0 Å². The summed E-state index contributed by atoms with van der Waals surface area (Å²) in [6.45, 7) is 0.896. The summed E-state index contributed by atoms with van der Waals surface area (Å²) in [7, 11) is 0. The number of amides is 2. The standard InChI is InChI=1S/C17H18FN3O4/c18-13-6-8-16(9-7-13)25-11-2-1-10-19-17(22)20-14-4-3-5-15(12-14)21(23)24/h3-9,12H,1-2,10-11H2,(H2,19,20,22). The normalized spacial score (nSPS) is 10.1. The molecule has 132 valence electrons. The molecule has 0 radical (unpaired) electrons. The van der Waals surface area contributed by atoms with Crippen LogP contribution in [0.1, 0.15) is 12.8 Å². The SMILES string of the molecule is O=C(NCCCCOc1ccc(F)cc1)Nc1cccc([N+](=O)[O-])c1. The molecular formula is C17H18FN3O4. The first-order valence-electron chi connectivity index (χ1n) is 7.72. The Morgan fingerprint density at radius 2 is 1.92 bits per heavy atom. The second-order valence-corrected chi connectivity index (χ2v) is 5.20. The molecule has 0 saturated heterocycles. The maximum absolute atomic E-state index is 12.7. The number of unbranched alkanes of at least 4 members (excludes halogenated alkanes) is 1. The number of hydrogen-bond donors (Lipinski definition) is 2. The number of ether oxygens (including phenoxy) is 1. The summed E-state index contributed by atoms with van der Waals surface area (Å²) in [5.41, 5.74) is 0.266. The van der Waals surface area contributed by atoms with Crippen LogP contribution in [0.15, 0.2) is 48.5 Å². The van der Waals surface area contributed by atoms with Crippen LogP contribution in [0.4, 0.5) is 20.6 Å². The van der Waals surface area contributed by atoms with Crippen LogP contribution in [-0.2, 0) is 0 Å². The monoisotopic (exact) mass is 347 g/mol. The number of carbonyl (C=O) groups excluding carboxylic acids is 1. The number of hydrogen-bond acceptors (Lipinski definition) is 4. The van der Waals surface area contributed by atoms with Crippen molar-refractivity contribution in [2.45, 2.75) is 12.8 Å². The van der Waals surface area contributed by atoms with Crippen LogP contribution in [0, 0.1) is 15.9 Å². The molecule has 0 bridgehead atoms. The lowest BCUT2D eigenvalue weighted by Crippen LogP contribution is -2.29. The van der Waals surface area contributed by atoms with Crippen LogP contribution in [0.3, 0.4) is 0 Å². The minimum atomic E-state index is -0.524. The zero-order valence-electron chi connectivity index (χ0n) is 13.4. The number of nitro groups is 1. The van der Waals surface area contributed by atoms with Crippen molar-refractivity contribution in [3.63, 3.8) is 0 Å². The zero-order valence-corrected chi connectivity index (χ0v) is 13.4. The first kappa shape index (κ1) is 18.2. The van der Waals surface area contributed by atoms with E-state index in [2.05, 4.69) is 10.6 Å². The van der Waals surface area contributed by atoms with Crippen molar-refractivity contribution >= 4 is 17.4 Å². The van der Waals surface area contributed by atoms with Crippen LogP contribution in [0.25, 0.3) is 0 Å². The van der Waals surface area contributed by atoms with Gasteiger partial charge in [0.1, 0.15) is 11.6 Å². The van der Waals surface area contributed by atoms with Gasteiger partial charge in [-0.05, 0) is 43.2 Å². The van der Waals surface area contributed by atoms with Gasteiger partial charge in [0.05, 0.1) is 11.5 Å². The third kappa shape index (κ3) is 6.46. The van der Waals surface area contributed by atoms with Crippen LogP contribution in [0.5, 0.6) is 5.75 Å². The van der Waals surface area contributed by atoms with Crippen molar-refractivity contribution in [2.24, 2.45) is 0 Å². The summed E-state index contributed by atoms with van der Waals surface area (Å²) in [4.78, 5) is 21.9. The number of anilines is 1. The molecule has 0 spiro atoms. The summed E-state index contributed by atoms with van der Waals surface area (Å²) in [6.07, 6.45) is 1.41. The van der Waals surface area contributed by atoms with E-state index in [9.17, 15) is 19.3 Å². The van der Waals surface area contributed by atoms with Crippen molar-refractivity contribution in [2.75, 3.05) is 18.5 Å². The fourth-order valence-electron chi connectivity index (χ4n) is 2.02. The van der Waals surface area contributed by atoms with E-state index in [0.29, 0.717) is 37.4 Å². The number of nitrogens with zero attached hydrogens (tertiary/aromatic N) is 1. The molecular weight excluding hydrogens is 329 g/mol. The smallest absolute Gasteiger partial charge is 0.319 e. The summed E-state index contributed by atoms with van der Waals surface area (Å²) >= 11 is 0. The highest BCUT2D eigenvalue weighted by molar-refractivity contribution is 5.89. The molecule has 2 aromatic rings. The molecule has 0 fully saturated rings. The van der Waals surface area contributed by atoms with Crippen molar-refractivity contribution in [1.29, 1.82) is 0 Å². The molecule has 25 heavy (non-hydrogen) atoms. The Balaban J connectivity index is 1.61. The summed E-state index contributed by atoms with van der Waals surface area (Å²) in [5, 5.41) is 15.9. The number of non-ortho nitro benzene ring substituents is 1. The molecule has 0 unspecified atom stereocenters. The molecule has 0 saturated carbocycles. The highest BCUT2D eigenvalue weighted by Gasteiger charge is 2.07. The highest BCUT2D eigenvalue weighted by atomic mass is 19.1. The van der Waals surface area contributed by atoms with E-state index in [1.54, 1.807) is 18.2 Å². The lowest BCUT2D eigenvalue weighted by Gasteiger charge is -2.08. The summed E-state index contributed by atoms with van der Waals surface area (Å²) in [5.74, 6) is 0.282. The van der Waals surface area contributed by atoms with Gasteiger partial charge in [-0.25, -0.2) is 9.18 Å². The van der Waals surface area contributed by atoms with Gasteiger partial charge in [-0.15, -0.1) is 0 Å². The quantitative estimate of drug-likeness (QED) is 0.432. The van der Waals surface area contributed by atoms with Gasteiger partial charge in [0.25, 0.3) is 5.69 Å². The second kappa shape index (κ2) is 9.21. The van der Waals surface area contributed by atoms with E-state index in [4.69, 9.17) is 4.74 Å². The number of halogens is 1. The van der Waals surface area contributed by atoms with E-state index in [1.807, 2.05) is 0 Å². The molecule has 2 N–H and O–H groups in total. The maximum atomic E-state index is 12.7. The Morgan fingerprint density at radius 3 is 2.64 bits per heavy atom. The second-order valence-electron chi connectivity index (χ2n) is 5.20. The fraction of sp³-hybridized carbons (Fsp3) is 0.235. The zero-order chi connectivity index (χ0) is 18.1. The Bertz CT molecular complexity index is 722. The van der Waals surface area contributed by atoms with E-state index in [0.717, 1.165) is 0 Å². The Labute approximate surface area is 144 Å². The lowest BCUT2D eigenvalue weighted by molar-refractivity contribution is -0.384. The average molecular weight is 347 g/mol. The minimum Gasteiger partial charge on any atom is -0.494 e. The molecule has 0 aliphatic carbocycles. The van der Waals surface area contributed by atoms with Crippen molar-refractivity contribution in [1.82, 2.24) is 5.32 Å². The van der Waals surface area contributed by atoms with Crippen LogP contribution >= 0.6 is 0 Å². The molecule has 0 atom stereocenters.